The molecule has 1 aromatic rings. The molecule has 1 unspecified atom stereocenters. The molecule has 0 spiro atoms. The highest BCUT2D eigenvalue weighted by molar-refractivity contribution is 5.92. The van der Waals surface area contributed by atoms with Gasteiger partial charge in [0.2, 0.25) is 5.91 Å². The molecule has 6 nitrogen and oxygen atoms in total. The number of carbonyl (C=O) groups excluding carboxylic acids is 2. The number of carbonyl (C=O) groups is 2. The molecule has 0 radical (unpaired) electrons. The van der Waals surface area contributed by atoms with Gasteiger partial charge in [-0.3, -0.25) is 9.59 Å². The van der Waals surface area contributed by atoms with E-state index < -0.39 is 5.54 Å². The van der Waals surface area contributed by atoms with Crippen molar-refractivity contribution in [2.24, 2.45) is 5.73 Å². The van der Waals surface area contributed by atoms with Gasteiger partial charge in [0.25, 0.3) is 5.91 Å². The van der Waals surface area contributed by atoms with Gasteiger partial charge in [0, 0.05) is 26.2 Å². The summed E-state index contributed by atoms with van der Waals surface area (Å²) >= 11 is 0. The van der Waals surface area contributed by atoms with Gasteiger partial charge in [-0.05, 0) is 25.5 Å². The van der Waals surface area contributed by atoms with E-state index in [0.717, 1.165) is 6.42 Å². The number of piperazine rings is 1. The molecule has 1 aliphatic heterocycles. The normalized spacial score (nSPS) is 18.4. The van der Waals surface area contributed by atoms with Crippen LogP contribution < -0.4 is 5.73 Å². The van der Waals surface area contributed by atoms with Crippen LogP contribution in [-0.4, -0.2) is 53.3 Å². The van der Waals surface area contributed by atoms with E-state index in [0.29, 0.717) is 38.4 Å². The third-order valence-electron chi connectivity index (χ3n) is 3.84. The molecule has 0 bridgehead atoms. The summed E-state index contributed by atoms with van der Waals surface area (Å²) in [6, 6.07) is 3.34. The van der Waals surface area contributed by atoms with E-state index in [4.69, 9.17) is 10.2 Å². The molecule has 0 aromatic carbocycles. The molecule has 0 aliphatic carbocycles. The van der Waals surface area contributed by atoms with Crippen LogP contribution in [-0.2, 0) is 4.79 Å². The molecule has 1 fully saturated rings. The van der Waals surface area contributed by atoms with Crippen molar-refractivity contribution < 1.29 is 14.0 Å². The van der Waals surface area contributed by atoms with Crippen LogP contribution in [0.2, 0.25) is 0 Å². The number of rotatable bonds is 4. The van der Waals surface area contributed by atoms with E-state index in [1.807, 2.05) is 6.92 Å². The lowest BCUT2D eigenvalue weighted by atomic mass is 9.95. The molecule has 1 atom stereocenters. The standard InChI is InChI=1S/C15H23N3O3/c1-3-6-15(2,16)14(20)18-9-7-17(8-10-18)13(19)12-5-4-11-21-12/h4-5,11H,3,6-10,16H2,1-2H3. The van der Waals surface area contributed by atoms with Gasteiger partial charge < -0.3 is 20.0 Å². The highest BCUT2D eigenvalue weighted by Crippen LogP contribution is 2.16. The first kappa shape index (κ1) is 15.6. The molecule has 0 saturated carbocycles. The van der Waals surface area contributed by atoms with Crippen LogP contribution in [0, 0.1) is 0 Å². The lowest BCUT2D eigenvalue weighted by Crippen LogP contribution is -2.58. The fraction of sp³-hybridized carbons (Fsp3) is 0.600. The second-order valence-electron chi connectivity index (χ2n) is 5.73. The van der Waals surface area contributed by atoms with Crippen LogP contribution in [0.1, 0.15) is 37.2 Å². The predicted octanol–water partition coefficient (Wildman–Crippen LogP) is 1.08. The molecule has 2 rings (SSSR count). The van der Waals surface area contributed by atoms with Crippen molar-refractivity contribution in [1.82, 2.24) is 9.80 Å². The van der Waals surface area contributed by atoms with Crippen LogP contribution in [0.3, 0.4) is 0 Å². The molecule has 2 N–H and O–H groups in total. The third-order valence-corrected chi connectivity index (χ3v) is 3.84. The van der Waals surface area contributed by atoms with Gasteiger partial charge >= 0.3 is 0 Å². The fourth-order valence-electron chi connectivity index (χ4n) is 2.66. The summed E-state index contributed by atoms with van der Waals surface area (Å²) in [4.78, 5) is 28.0. The molecular formula is C15H23N3O3. The van der Waals surface area contributed by atoms with Gasteiger partial charge in [0.15, 0.2) is 5.76 Å². The van der Waals surface area contributed by atoms with Crippen molar-refractivity contribution >= 4 is 11.8 Å². The molecular weight excluding hydrogens is 270 g/mol. The van der Waals surface area contributed by atoms with Gasteiger partial charge in [-0.25, -0.2) is 0 Å². The summed E-state index contributed by atoms with van der Waals surface area (Å²) in [6.45, 7) is 5.84. The van der Waals surface area contributed by atoms with Crippen LogP contribution in [0.15, 0.2) is 22.8 Å². The first-order valence-electron chi connectivity index (χ1n) is 7.36. The van der Waals surface area contributed by atoms with Crippen molar-refractivity contribution in [3.63, 3.8) is 0 Å². The minimum atomic E-state index is -0.818. The van der Waals surface area contributed by atoms with Crippen LogP contribution in [0.4, 0.5) is 0 Å². The Balaban J connectivity index is 1.91. The maximum absolute atomic E-state index is 12.4. The summed E-state index contributed by atoms with van der Waals surface area (Å²) in [5.41, 5.74) is 5.27. The Hall–Kier alpha value is -1.82. The zero-order valence-electron chi connectivity index (χ0n) is 12.7. The second-order valence-corrected chi connectivity index (χ2v) is 5.73. The average molecular weight is 293 g/mol. The Morgan fingerprint density at radius 2 is 1.90 bits per heavy atom. The summed E-state index contributed by atoms with van der Waals surface area (Å²) in [6.07, 6.45) is 3.02. The number of hydrogen-bond donors (Lipinski definition) is 1. The Bertz CT molecular complexity index is 488. The minimum absolute atomic E-state index is 0.0329. The molecule has 6 heteroatoms. The third kappa shape index (κ3) is 3.44. The maximum Gasteiger partial charge on any atom is 0.289 e. The summed E-state index contributed by atoms with van der Waals surface area (Å²) in [5.74, 6) is 0.176. The van der Waals surface area contributed by atoms with E-state index in [9.17, 15) is 9.59 Å². The van der Waals surface area contributed by atoms with Crippen LogP contribution in [0.5, 0.6) is 0 Å². The van der Waals surface area contributed by atoms with E-state index in [2.05, 4.69) is 0 Å². The largest absolute Gasteiger partial charge is 0.459 e. The van der Waals surface area contributed by atoms with Crippen LogP contribution in [0.25, 0.3) is 0 Å². The molecule has 1 aromatic heterocycles. The molecule has 21 heavy (non-hydrogen) atoms. The quantitative estimate of drug-likeness (QED) is 0.901. The fourth-order valence-corrected chi connectivity index (χ4v) is 2.66. The van der Waals surface area contributed by atoms with Gasteiger partial charge in [-0.1, -0.05) is 13.3 Å². The summed E-state index contributed by atoms with van der Waals surface area (Å²) in [7, 11) is 0. The average Bonchev–Trinajstić information content (AvgIpc) is 3.00. The number of nitrogens with zero attached hydrogens (tertiary/aromatic N) is 2. The smallest absolute Gasteiger partial charge is 0.289 e. The molecule has 116 valence electrons. The topological polar surface area (TPSA) is 79.8 Å². The Labute approximate surface area is 124 Å². The highest BCUT2D eigenvalue weighted by Gasteiger charge is 2.34. The van der Waals surface area contributed by atoms with E-state index in [-0.39, 0.29) is 11.8 Å². The van der Waals surface area contributed by atoms with Gasteiger partial charge in [-0.2, -0.15) is 0 Å². The first-order chi connectivity index (χ1) is 9.95. The highest BCUT2D eigenvalue weighted by atomic mass is 16.3. The molecule has 1 saturated heterocycles. The monoisotopic (exact) mass is 293 g/mol. The second kappa shape index (κ2) is 6.30. The Morgan fingerprint density at radius 1 is 1.29 bits per heavy atom. The lowest BCUT2D eigenvalue weighted by molar-refractivity contribution is -0.138. The molecule has 2 amide bonds. The van der Waals surface area contributed by atoms with Crippen molar-refractivity contribution in [3.8, 4) is 0 Å². The minimum Gasteiger partial charge on any atom is -0.459 e. The van der Waals surface area contributed by atoms with E-state index in [1.54, 1.807) is 28.9 Å². The Kier molecular flexibility index (Phi) is 4.67. The van der Waals surface area contributed by atoms with Gasteiger partial charge in [0.05, 0.1) is 11.8 Å². The number of hydrogen-bond acceptors (Lipinski definition) is 4. The number of amides is 2. The van der Waals surface area contributed by atoms with Crippen molar-refractivity contribution in [2.75, 3.05) is 26.2 Å². The number of furan rings is 1. The zero-order chi connectivity index (χ0) is 15.5. The predicted molar refractivity (Wildman–Crippen MR) is 78.7 cm³/mol. The molecule has 1 aliphatic rings. The van der Waals surface area contributed by atoms with Crippen molar-refractivity contribution in [2.45, 2.75) is 32.2 Å². The lowest BCUT2D eigenvalue weighted by Gasteiger charge is -2.38. The number of nitrogens with two attached hydrogens (primary N) is 1. The first-order valence-corrected chi connectivity index (χ1v) is 7.36. The molecule has 2 heterocycles. The van der Waals surface area contributed by atoms with Crippen molar-refractivity contribution in [1.29, 1.82) is 0 Å². The summed E-state index contributed by atoms with van der Waals surface area (Å²) in [5, 5.41) is 0. The van der Waals surface area contributed by atoms with E-state index in [1.165, 1.54) is 6.26 Å². The maximum atomic E-state index is 12.4. The van der Waals surface area contributed by atoms with E-state index >= 15 is 0 Å². The van der Waals surface area contributed by atoms with Crippen molar-refractivity contribution in [3.05, 3.63) is 24.2 Å². The zero-order valence-corrected chi connectivity index (χ0v) is 12.7. The van der Waals surface area contributed by atoms with Gasteiger partial charge in [0.1, 0.15) is 0 Å². The Morgan fingerprint density at radius 3 is 2.43 bits per heavy atom. The van der Waals surface area contributed by atoms with Crippen LogP contribution >= 0.6 is 0 Å². The van der Waals surface area contributed by atoms with Gasteiger partial charge in [-0.15, -0.1) is 0 Å². The SMILES string of the molecule is CCCC(C)(N)C(=O)N1CCN(C(=O)c2ccco2)CC1. The summed E-state index contributed by atoms with van der Waals surface area (Å²) < 4.78 is 5.12.